The SMILES string of the molecule is Cc1ccc(OCC(=O)N2CCN(S(=O)(=O)N(C)C)CC2)cc1. The summed E-state index contributed by atoms with van der Waals surface area (Å²) in [5, 5.41) is 0. The third-order valence-corrected chi connectivity index (χ3v) is 5.70. The molecular formula is C15H23N3O4S. The van der Waals surface area contributed by atoms with Crippen molar-refractivity contribution in [3.05, 3.63) is 29.8 Å². The summed E-state index contributed by atoms with van der Waals surface area (Å²) in [6, 6.07) is 7.49. The molecule has 1 amide bonds. The minimum Gasteiger partial charge on any atom is -0.484 e. The molecule has 0 saturated carbocycles. The molecule has 1 aromatic rings. The van der Waals surface area contributed by atoms with E-state index in [2.05, 4.69) is 0 Å². The van der Waals surface area contributed by atoms with Gasteiger partial charge in [0, 0.05) is 40.3 Å². The van der Waals surface area contributed by atoms with Crippen LogP contribution in [-0.2, 0) is 15.0 Å². The first kappa shape index (κ1) is 17.7. The molecule has 1 aliphatic rings. The molecule has 1 heterocycles. The van der Waals surface area contributed by atoms with E-state index < -0.39 is 10.2 Å². The number of aryl methyl sites for hydroxylation is 1. The second kappa shape index (κ2) is 7.29. The van der Waals surface area contributed by atoms with Gasteiger partial charge in [-0.25, -0.2) is 0 Å². The van der Waals surface area contributed by atoms with E-state index in [-0.39, 0.29) is 12.5 Å². The lowest BCUT2D eigenvalue weighted by molar-refractivity contribution is -0.134. The maximum atomic E-state index is 12.2. The van der Waals surface area contributed by atoms with Gasteiger partial charge < -0.3 is 9.64 Å². The second-order valence-corrected chi connectivity index (χ2v) is 7.81. The first-order valence-corrected chi connectivity index (χ1v) is 8.85. The summed E-state index contributed by atoms with van der Waals surface area (Å²) in [4.78, 5) is 13.8. The predicted octanol–water partition coefficient (Wildman–Crippen LogP) is 0.324. The van der Waals surface area contributed by atoms with Crippen LogP contribution in [0.25, 0.3) is 0 Å². The molecule has 128 valence electrons. The number of carbonyl (C=O) groups is 1. The van der Waals surface area contributed by atoms with Crippen molar-refractivity contribution in [2.45, 2.75) is 6.92 Å². The van der Waals surface area contributed by atoms with Crippen LogP contribution in [0.4, 0.5) is 0 Å². The van der Waals surface area contributed by atoms with Gasteiger partial charge in [-0.3, -0.25) is 4.79 Å². The van der Waals surface area contributed by atoms with Crippen molar-refractivity contribution in [2.24, 2.45) is 0 Å². The lowest BCUT2D eigenvalue weighted by atomic mass is 10.2. The van der Waals surface area contributed by atoms with Crippen molar-refractivity contribution < 1.29 is 17.9 Å². The Bertz CT molecular complexity index is 635. The summed E-state index contributed by atoms with van der Waals surface area (Å²) in [6.07, 6.45) is 0. The Kier molecular flexibility index (Phi) is 5.61. The largest absolute Gasteiger partial charge is 0.484 e. The van der Waals surface area contributed by atoms with E-state index >= 15 is 0 Å². The van der Waals surface area contributed by atoms with Crippen molar-refractivity contribution in [2.75, 3.05) is 46.9 Å². The van der Waals surface area contributed by atoms with Gasteiger partial charge in [-0.2, -0.15) is 17.0 Å². The van der Waals surface area contributed by atoms with E-state index in [1.54, 1.807) is 4.90 Å². The molecule has 0 radical (unpaired) electrons. The van der Waals surface area contributed by atoms with E-state index in [4.69, 9.17) is 4.74 Å². The number of ether oxygens (including phenoxy) is 1. The monoisotopic (exact) mass is 341 g/mol. The quantitative estimate of drug-likeness (QED) is 0.774. The van der Waals surface area contributed by atoms with Crippen molar-refractivity contribution in [1.29, 1.82) is 0 Å². The Morgan fingerprint density at radius 1 is 1.13 bits per heavy atom. The van der Waals surface area contributed by atoms with Crippen LogP contribution in [0.1, 0.15) is 5.56 Å². The molecule has 1 aliphatic heterocycles. The van der Waals surface area contributed by atoms with Crippen LogP contribution in [-0.4, -0.2) is 74.7 Å². The van der Waals surface area contributed by atoms with Crippen LogP contribution < -0.4 is 4.74 Å². The van der Waals surface area contributed by atoms with E-state index in [1.165, 1.54) is 22.7 Å². The Balaban J connectivity index is 1.83. The molecule has 2 rings (SSSR count). The molecule has 7 nitrogen and oxygen atoms in total. The highest BCUT2D eigenvalue weighted by atomic mass is 32.2. The average Bonchev–Trinajstić information content (AvgIpc) is 2.54. The zero-order chi connectivity index (χ0) is 17.0. The molecule has 0 aliphatic carbocycles. The second-order valence-electron chi connectivity index (χ2n) is 5.67. The molecule has 23 heavy (non-hydrogen) atoms. The molecule has 0 bridgehead atoms. The third-order valence-electron chi connectivity index (χ3n) is 3.76. The van der Waals surface area contributed by atoms with Gasteiger partial charge in [0.15, 0.2) is 6.61 Å². The third kappa shape index (κ3) is 4.43. The number of piperazine rings is 1. The molecule has 1 saturated heterocycles. The van der Waals surface area contributed by atoms with Crippen LogP contribution in [0.15, 0.2) is 24.3 Å². The van der Waals surface area contributed by atoms with Crippen LogP contribution in [0, 0.1) is 6.92 Å². The van der Waals surface area contributed by atoms with Crippen molar-refractivity contribution in [3.8, 4) is 5.75 Å². The summed E-state index contributed by atoms with van der Waals surface area (Å²) >= 11 is 0. The van der Waals surface area contributed by atoms with Crippen molar-refractivity contribution in [1.82, 2.24) is 13.5 Å². The number of amides is 1. The topological polar surface area (TPSA) is 70.2 Å². The Labute approximate surface area is 137 Å². The van der Waals surface area contributed by atoms with Crippen LogP contribution in [0.3, 0.4) is 0 Å². The summed E-state index contributed by atoms with van der Waals surface area (Å²) in [5.41, 5.74) is 1.13. The van der Waals surface area contributed by atoms with Gasteiger partial charge in [-0.1, -0.05) is 17.7 Å². The van der Waals surface area contributed by atoms with Gasteiger partial charge in [0.05, 0.1) is 0 Å². The molecular weight excluding hydrogens is 318 g/mol. The standard InChI is InChI=1S/C15H23N3O4S/c1-13-4-6-14(7-5-13)22-12-15(19)17-8-10-18(11-9-17)23(20,21)16(2)3/h4-7H,8-12H2,1-3H3. The van der Waals surface area contributed by atoms with Crippen molar-refractivity contribution >= 4 is 16.1 Å². The number of rotatable bonds is 5. The van der Waals surface area contributed by atoms with Gasteiger partial charge in [0.1, 0.15) is 5.75 Å². The summed E-state index contributed by atoms with van der Waals surface area (Å²) < 4.78 is 32.1. The summed E-state index contributed by atoms with van der Waals surface area (Å²) in [6.45, 7) is 3.31. The number of hydrogen-bond donors (Lipinski definition) is 0. The van der Waals surface area contributed by atoms with Crippen LogP contribution >= 0.6 is 0 Å². The minimum atomic E-state index is -3.41. The molecule has 1 aromatic carbocycles. The van der Waals surface area contributed by atoms with E-state index in [9.17, 15) is 13.2 Å². The zero-order valence-electron chi connectivity index (χ0n) is 13.7. The van der Waals surface area contributed by atoms with Gasteiger partial charge >= 0.3 is 0 Å². The van der Waals surface area contributed by atoms with Crippen molar-refractivity contribution in [3.63, 3.8) is 0 Å². The zero-order valence-corrected chi connectivity index (χ0v) is 14.5. The molecule has 1 fully saturated rings. The van der Waals surface area contributed by atoms with Crippen LogP contribution in [0.2, 0.25) is 0 Å². The summed E-state index contributed by atoms with van der Waals surface area (Å²) in [7, 11) is -0.406. The van der Waals surface area contributed by atoms with Gasteiger partial charge in [-0.15, -0.1) is 0 Å². The van der Waals surface area contributed by atoms with E-state index in [0.29, 0.717) is 31.9 Å². The lowest BCUT2D eigenvalue weighted by Gasteiger charge is -2.35. The van der Waals surface area contributed by atoms with E-state index in [1.807, 2.05) is 31.2 Å². The molecule has 8 heteroatoms. The Hall–Kier alpha value is -1.64. The first-order valence-electron chi connectivity index (χ1n) is 7.45. The number of benzene rings is 1. The molecule has 0 N–H and O–H groups in total. The lowest BCUT2D eigenvalue weighted by Crippen LogP contribution is -2.53. The highest BCUT2D eigenvalue weighted by Gasteiger charge is 2.30. The minimum absolute atomic E-state index is 0.0382. The fourth-order valence-electron chi connectivity index (χ4n) is 2.27. The first-order chi connectivity index (χ1) is 10.8. The number of hydrogen-bond acceptors (Lipinski definition) is 4. The fraction of sp³-hybridized carbons (Fsp3) is 0.533. The number of carbonyl (C=O) groups excluding carboxylic acids is 1. The Morgan fingerprint density at radius 3 is 2.22 bits per heavy atom. The normalized spacial score (nSPS) is 16.6. The van der Waals surface area contributed by atoms with Gasteiger partial charge in [0.25, 0.3) is 16.1 Å². The highest BCUT2D eigenvalue weighted by Crippen LogP contribution is 2.13. The fourth-order valence-corrected chi connectivity index (χ4v) is 3.36. The van der Waals surface area contributed by atoms with Crippen LogP contribution in [0.5, 0.6) is 5.75 Å². The van der Waals surface area contributed by atoms with E-state index in [0.717, 1.165) is 5.56 Å². The highest BCUT2D eigenvalue weighted by molar-refractivity contribution is 7.86. The van der Waals surface area contributed by atoms with Gasteiger partial charge in [0.2, 0.25) is 0 Å². The molecule has 0 spiro atoms. The Morgan fingerprint density at radius 2 is 1.70 bits per heavy atom. The molecule has 0 atom stereocenters. The smallest absolute Gasteiger partial charge is 0.281 e. The average molecular weight is 341 g/mol. The molecule has 0 unspecified atom stereocenters. The maximum Gasteiger partial charge on any atom is 0.281 e. The maximum absolute atomic E-state index is 12.2. The predicted molar refractivity (Wildman–Crippen MR) is 87.4 cm³/mol. The van der Waals surface area contributed by atoms with Gasteiger partial charge in [-0.05, 0) is 19.1 Å². The number of nitrogens with zero attached hydrogens (tertiary/aromatic N) is 3. The molecule has 0 aromatic heterocycles. The summed E-state index contributed by atoms with van der Waals surface area (Å²) in [5.74, 6) is 0.519.